The number of hydrogen-bond acceptors (Lipinski definition) is 3. The fourth-order valence-electron chi connectivity index (χ4n) is 1.66. The summed E-state index contributed by atoms with van der Waals surface area (Å²) in [6, 6.07) is 4.38. The Kier molecular flexibility index (Phi) is 5.96. The van der Waals surface area contributed by atoms with Crippen LogP contribution >= 0.6 is 0 Å². The molecular weight excluding hydrogens is 263 g/mol. The van der Waals surface area contributed by atoms with Crippen LogP contribution in [0.4, 0.5) is 14.9 Å². The number of ether oxygens (including phenoxy) is 1. The van der Waals surface area contributed by atoms with Crippen molar-refractivity contribution in [2.75, 3.05) is 12.4 Å². The number of nitrogens with one attached hydrogen (secondary N) is 2. The maximum absolute atomic E-state index is 13.4. The van der Waals surface area contributed by atoms with Crippen LogP contribution in [-0.2, 0) is 9.53 Å². The number of carbonyl (C=O) groups excluding carboxylic acids is 2. The van der Waals surface area contributed by atoms with Crippen LogP contribution in [-0.4, -0.2) is 25.2 Å². The van der Waals surface area contributed by atoms with Gasteiger partial charge in [-0.1, -0.05) is 32.4 Å². The predicted octanol–water partition coefficient (Wildman–Crippen LogP) is 2.53. The average molecular weight is 282 g/mol. The van der Waals surface area contributed by atoms with E-state index in [0.29, 0.717) is 6.42 Å². The summed E-state index contributed by atoms with van der Waals surface area (Å²) in [4.78, 5) is 23.4. The average Bonchev–Trinajstić information content (AvgIpc) is 2.45. The van der Waals surface area contributed by atoms with Crippen molar-refractivity contribution in [1.82, 2.24) is 5.32 Å². The summed E-state index contributed by atoms with van der Waals surface area (Å²) in [5.74, 6) is -1.15. The topological polar surface area (TPSA) is 67.4 Å². The first-order chi connectivity index (χ1) is 9.49. The van der Waals surface area contributed by atoms with Crippen LogP contribution in [0.5, 0.6) is 0 Å². The molecule has 1 aromatic carbocycles. The van der Waals surface area contributed by atoms with Gasteiger partial charge in [0.25, 0.3) is 0 Å². The van der Waals surface area contributed by atoms with Gasteiger partial charge in [-0.3, -0.25) is 0 Å². The Bertz CT molecular complexity index is 479. The predicted molar refractivity (Wildman–Crippen MR) is 73.8 cm³/mol. The summed E-state index contributed by atoms with van der Waals surface area (Å²) < 4.78 is 18.1. The molecule has 5 nitrogen and oxygen atoms in total. The smallest absolute Gasteiger partial charge is 0.328 e. The Hall–Kier alpha value is -2.11. The molecule has 110 valence electrons. The van der Waals surface area contributed by atoms with Gasteiger partial charge >= 0.3 is 12.0 Å². The Labute approximate surface area is 117 Å². The minimum Gasteiger partial charge on any atom is -0.467 e. The quantitative estimate of drug-likeness (QED) is 0.815. The third kappa shape index (κ3) is 4.22. The first kappa shape index (κ1) is 15.9. The molecule has 0 aliphatic rings. The van der Waals surface area contributed by atoms with Crippen LogP contribution in [0.2, 0.25) is 0 Å². The number of urea groups is 1. The number of carbonyl (C=O) groups is 2. The largest absolute Gasteiger partial charge is 0.467 e. The molecule has 0 aromatic heterocycles. The SMILES string of the molecule is CCC(C)C(NC(=O)Nc1ccccc1F)C(=O)OC. The standard InChI is InChI=1S/C14H19FN2O3/c1-4-9(2)12(13(18)20-3)17-14(19)16-11-8-6-5-7-10(11)15/h5-9,12H,4H2,1-3H3,(H2,16,17,19). The molecule has 0 saturated heterocycles. The van der Waals surface area contributed by atoms with Gasteiger partial charge in [0, 0.05) is 0 Å². The lowest BCUT2D eigenvalue weighted by atomic mass is 9.99. The molecule has 0 aliphatic heterocycles. The van der Waals surface area contributed by atoms with Crippen LogP contribution in [0.3, 0.4) is 0 Å². The molecule has 0 bridgehead atoms. The van der Waals surface area contributed by atoms with Crippen LogP contribution in [0.15, 0.2) is 24.3 Å². The molecule has 2 unspecified atom stereocenters. The molecule has 0 aliphatic carbocycles. The molecule has 20 heavy (non-hydrogen) atoms. The van der Waals surface area contributed by atoms with Crippen molar-refractivity contribution in [1.29, 1.82) is 0 Å². The number of benzene rings is 1. The third-order valence-corrected chi connectivity index (χ3v) is 3.08. The maximum atomic E-state index is 13.4. The second-order valence-electron chi connectivity index (χ2n) is 4.46. The number of anilines is 1. The van der Waals surface area contributed by atoms with Crippen molar-refractivity contribution >= 4 is 17.7 Å². The van der Waals surface area contributed by atoms with E-state index in [1.54, 1.807) is 6.07 Å². The van der Waals surface area contributed by atoms with Gasteiger partial charge in [0.1, 0.15) is 11.9 Å². The fraction of sp³-hybridized carbons (Fsp3) is 0.429. The summed E-state index contributed by atoms with van der Waals surface area (Å²) >= 11 is 0. The minimum atomic E-state index is -0.767. The van der Waals surface area contributed by atoms with Crippen LogP contribution in [0.25, 0.3) is 0 Å². The number of methoxy groups -OCH3 is 1. The van der Waals surface area contributed by atoms with E-state index in [9.17, 15) is 14.0 Å². The minimum absolute atomic E-state index is 0.0535. The summed E-state index contributed by atoms with van der Waals surface area (Å²) in [5.41, 5.74) is 0.0535. The lowest BCUT2D eigenvalue weighted by molar-refractivity contribution is -0.144. The van der Waals surface area contributed by atoms with Gasteiger partial charge in [0.05, 0.1) is 12.8 Å². The summed E-state index contributed by atoms with van der Waals surface area (Å²) in [5, 5.41) is 4.87. The highest BCUT2D eigenvalue weighted by atomic mass is 19.1. The molecule has 2 atom stereocenters. The summed E-state index contributed by atoms with van der Waals surface area (Å²) in [6.07, 6.45) is 0.694. The molecule has 0 fully saturated rings. The molecular formula is C14H19FN2O3. The molecule has 2 amide bonds. The van der Waals surface area contributed by atoms with E-state index in [2.05, 4.69) is 15.4 Å². The third-order valence-electron chi connectivity index (χ3n) is 3.08. The summed E-state index contributed by atoms with van der Waals surface area (Å²) in [6.45, 7) is 3.72. The van der Waals surface area contributed by atoms with Crippen LogP contribution in [0.1, 0.15) is 20.3 Å². The van der Waals surface area contributed by atoms with Crippen molar-refractivity contribution in [2.24, 2.45) is 5.92 Å². The van der Waals surface area contributed by atoms with E-state index >= 15 is 0 Å². The van der Waals surface area contributed by atoms with Gasteiger partial charge in [-0.15, -0.1) is 0 Å². The lowest BCUT2D eigenvalue weighted by Gasteiger charge is -2.22. The molecule has 0 saturated carbocycles. The number of amides is 2. The van der Waals surface area contributed by atoms with Gasteiger partial charge in [-0.2, -0.15) is 0 Å². The Morgan fingerprint density at radius 2 is 2.00 bits per heavy atom. The normalized spacial score (nSPS) is 13.2. The first-order valence-corrected chi connectivity index (χ1v) is 6.39. The summed E-state index contributed by atoms with van der Waals surface area (Å²) in [7, 11) is 1.26. The zero-order valence-electron chi connectivity index (χ0n) is 11.8. The fourth-order valence-corrected chi connectivity index (χ4v) is 1.66. The molecule has 0 heterocycles. The second kappa shape index (κ2) is 7.47. The van der Waals surface area contributed by atoms with Crippen molar-refractivity contribution in [3.63, 3.8) is 0 Å². The van der Waals surface area contributed by atoms with Crippen LogP contribution < -0.4 is 10.6 Å². The van der Waals surface area contributed by atoms with E-state index in [0.717, 1.165) is 0 Å². The van der Waals surface area contributed by atoms with Gasteiger partial charge in [0.2, 0.25) is 0 Å². The van der Waals surface area contributed by atoms with E-state index in [1.807, 2.05) is 13.8 Å². The van der Waals surface area contributed by atoms with Crippen molar-refractivity contribution in [3.05, 3.63) is 30.1 Å². The highest BCUT2D eigenvalue weighted by molar-refractivity contribution is 5.92. The molecule has 1 aromatic rings. The maximum Gasteiger partial charge on any atom is 0.328 e. The monoisotopic (exact) mass is 282 g/mol. The zero-order valence-corrected chi connectivity index (χ0v) is 11.8. The van der Waals surface area contributed by atoms with Crippen LogP contribution in [0, 0.1) is 11.7 Å². The molecule has 0 spiro atoms. The number of hydrogen-bond donors (Lipinski definition) is 2. The van der Waals surface area contributed by atoms with Gasteiger partial charge < -0.3 is 15.4 Å². The Morgan fingerprint density at radius 3 is 2.55 bits per heavy atom. The number of rotatable bonds is 5. The van der Waals surface area contributed by atoms with Gasteiger partial charge in [0.15, 0.2) is 0 Å². The van der Waals surface area contributed by atoms with Gasteiger partial charge in [-0.25, -0.2) is 14.0 Å². The number of para-hydroxylation sites is 1. The van der Waals surface area contributed by atoms with E-state index in [-0.39, 0.29) is 11.6 Å². The van der Waals surface area contributed by atoms with E-state index in [1.165, 1.54) is 25.3 Å². The van der Waals surface area contributed by atoms with Gasteiger partial charge in [-0.05, 0) is 18.1 Å². The van der Waals surface area contributed by atoms with E-state index < -0.39 is 23.9 Å². The highest BCUT2D eigenvalue weighted by Gasteiger charge is 2.26. The van der Waals surface area contributed by atoms with Crippen molar-refractivity contribution < 1.29 is 18.7 Å². The highest BCUT2D eigenvalue weighted by Crippen LogP contribution is 2.13. The first-order valence-electron chi connectivity index (χ1n) is 6.39. The Morgan fingerprint density at radius 1 is 1.35 bits per heavy atom. The number of esters is 1. The second-order valence-corrected chi connectivity index (χ2v) is 4.46. The van der Waals surface area contributed by atoms with E-state index in [4.69, 9.17) is 0 Å². The lowest BCUT2D eigenvalue weighted by Crippen LogP contribution is -2.47. The van der Waals surface area contributed by atoms with Crippen molar-refractivity contribution in [3.8, 4) is 0 Å². The molecule has 1 rings (SSSR count). The molecule has 6 heteroatoms. The number of halogens is 1. The Balaban J connectivity index is 2.72. The zero-order chi connectivity index (χ0) is 15.1. The van der Waals surface area contributed by atoms with Crippen molar-refractivity contribution in [2.45, 2.75) is 26.3 Å². The molecule has 0 radical (unpaired) electrons. The molecule has 2 N–H and O–H groups in total.